The molecule has 0 radical (unpaired) electrons. The highest BCUT2D eigenvalue weighted by molar-refractivity contribution is 6.03. The molecule has 3 rings (SSSR count). The van der Waals surface area contributed by atoms with Gasteiger partial charge in [0.2, 0.25) is 5.88 Å². The number of anilines is 1. The van der Waals surface area contributed by atoms with Crippen LogP contribution in [-0.2, 0) is 0 Å². The van der Waals surface area contributed by atoms with E-state index in [9.17, 15) is 14.3 Å². The maximum Gasteiger partial charge on any atom is 0.259 e. The molecular formula is C21H27FN6O3. The Morgan fingerprint density at radius 2 is 2.13 bits per heavy atom. The summed E-state index contributed by atoms with van der Waals surface area (Å²) in [6, 6.07) is 6.71. The monoisotopic (exact) mass is 430 g/mol. The molecule has 0 spiro atoms. The van der Waals surface area contributed by atoms with Crippen LogP contribution in [-0.4, -0.2) is 66.6 Å². The van der Waals surface area contributed by atoms with Gasteiger partial charge in [0.25, 0.3) is 5.91 Å². The summed E-state index contributed by atoms with van der Waals surface area (Å²) < 4.78 is 21.5. The number of nitrogens with one attached hydrogen (secondary N) is 1. The minimum atomic E-state index is -1.44. The van der Waals surface area contributed by atoms with Crippen LogP contribution in [0.1, 0.15) is 38.1 Å². The van der Waals surface area contributed by atoms with Crippen LogP contribution in [0.25, 0.3) is 5.65 Å². The topological polar surface area (TPSA) is 105 Å². The van der Waals surface area contributed by atoms with Gasteiger partial charge in [-0.15, -0.1) is 0 Å². The Morgan fingerprint density at radius 3 is 2.84 bits per heavy atom. The Kier molecular flexibility index (Phi) is 6.81. The summed E-state index contributed by atoms with van der Waals surface area (Å²) in [5, 5.41) is 16.6. The van der Waals surface area contributed by atoms with Crippen LogP contribution in [0.3, 0.4) is 0 Å². The second-order valence-corrected chi connectivity index (χ2v) is 8.05. The van der Waals surface area contributed by atoms with E-state index in [1.54, 1.807) is 41.6 Å². The maximum absolute atomic E-state index is 14.3. The van der Waals surface area contributed by atoms with Crippen LogP contribution in [0.2, 0.25) is 0 Å². The Balaban J connectivity index is 1.63. The lowest BCUT2D eigenvalue weighted by Crippen LogP contribution is -2.46. The first-order valence-electron chi connectivity index (χ1n) is 9.94. The van der Waals surface area contributed by atoms with E-state index in [1.165, 1.54) is 24.6 Å². The second kappa shape index (κ2) is 9.36. The number of halogens is 1. The number of aliphatic hydroxyl groups is 1. The number of nitrogens with zero attached hydrogens (tertiary/aromatic N) is 5. The van der Waals surface area contributed by atoms with Crippen molar-refractivity contribution < 1.29 is 19.0 Å². The lowest BCUT2D eigenvalue weighted by atomic mass is 10.0. The smallest absolute Gasteiger partial charge is 0.259 e. The summed E-state index contributed by atoms with van der Waals surface area (Å²) in [4.78, 5) is 22.7. The minimum Gasteiger partial charge on any atom is -0.461 e. The standard InChI is InChI=1S/C21H27FN6O3/c1-14(2)27(12-16(22)21(3,4)30)13-31-19-7-5-6-17(25-19)26-20(29)15-10-23-18-8-9-24-28(18)11-15/h5-11,14,16,30H,12-13H2,1-4H3,(H,25,26,29). The first-order valence-corrected chi connectivity index (χ1v) is 9.94. The molecule has 2 N–H and O–H groups in total. The van der Waals surface area contributed by atoms with E-state index in [0.29, 0.717) is 17.0 Å². The number of alkyl halides is 1. The Bertz CT molecular complexity index is 1030. The Hall–Kier alpha value is -3.11. The summed E-state index contributed by atoms with van der Waals surface area (Å²) in [5.41, 5.74) is -0.473. The van der Waals surface area contributed by atoms with Gasteiger partial charge in [-0.25, -0.2) is 13.9 Å². The summed E-state index contributed by atoms with van der Waals surface area (Å²) >= 11 is 0. The van der Waals surface area contributed by atoms with Gasteiger partial charge in [-0.2, -0.15) is 10.1 Å². The van der Waals surface area contributed by atoms with Gasteiger partial charge in [0.1, 0.15) is 18.7 Å². The molecule has 9 nitrogen and oxygen atoms in total. The van der Waals surface area contributed by atoms with Crippen LogP contribution in [0, 0.1) is 0 Å². The van der Waals surface area contributed by atoms with E-state index >= 15 is 0 Å². The van der Waals surface area contributed by atoms with Gasteiger partial charge in [0.05, 0.1) is 17.4 Å². The average molecular weight is 430 g/mol. The van der Waals surface area contributed by atoms with Gasteiger partial charge < -0.3 is 15.2 Å². The molecule has 1 amide bonds. The predicted molar refractivity (Wildman–Crippen MR) is 114 cm³/mol. The Morgan fingerprint density at radius 1 is 1.35 bits per heavy atom. The molecule has 0 bridgehead atoms. The molecule has 0 saturated heterocycles. The second-order valence-electron chi connectivity index (χ2n) is 8.05. The first-order chi connectivity index (χ1) is 14.6. The van der Waals surface area contributed by atoms with E-state index in [4.69, 9.17) is 4.74 Å². The van der Waals surface area contributed by atoms with Crippen molar-refractivity contribution in [3.63, 3.8) is 0 Å². The third-order valence-electron chi connectivity index (χ3n) is 4.74. The number of carbonyl (C=O) groups excluding carboxylic acids is 1. The van der Waals surface area contributed by atoms with Crippen molar-refractivity contribution in [2.24, 2.45) is 0 Å². The molecule has 1 atom stereocenters. The largest absolute Gasteiger partial charge is 0.461 e. The van der Waals surface area contributed by atoms with Crippen molar-refractivity contribution in [2.75, 3.05) is 18.6 Å². The molecular weight excluding hydrogens is 403 g/mol. The number of pyridine rings is 1. The summed E-state index contributed by atoms with van der Waals surface area (Å²) in [6.45, 7) is 6.79. The van der Waals surface area contributed by atoms with Crippen LogP contribution in [0.15, 0.2) is 42.9 Å². The molecule has 0 aliphatic rings. The van der Waals surface area contributed by atoms with Gasteiger partial charge in [-0.3, -0.25) is 9.69 Å². The van der Waals surface area contributed by atoms with Gasteiger partial charge in [0, 0.05) is 37.1 Å². The molecule has 0 fully saturated rings. The third kappa shape index (κ3) is 5.96. The average Bonchev–Trinajstić information content (AvgIpc) is 3.18. The number of hydrogen-bond acceptors (Lipinski definition) is 7. The zero-order valence-electron chi connectivity index (χ0n) is 18.0. The number of rotatable bonds is 9. The molecule has 31 heavy (non-hydrogen) atoms. The van der Waals surface area contributed by atoms with Gasteiger partial charge in [-0.05, 0) is 33.8 Å². The summed E-state index contributed by atoms with van der Waals surface area (Å²) in [5.74, 6) is 0.200. The minimum absolute atomic E-state index is 0.00630. The zero-order valence-corrected chi connectivity index (χ0v) is 18.0. The molecule has 3 heterocycles. The molecule has 0 aromatic carbocycles. The number of hydrogen-bond donors (Lipinski definition) is 2. The highest BCUT2D eigenvalue weighted by Crippen LogP contribution is 2.17. The molecule has 0 aliphatic heterocycles. The third-order valence-corrected chi connectivity index (χ3v) is 4.74. The van der Waals surface area contributed by atoms with Gasteiger partial charge in [0.15, 0.2) is 5.65 Å². The van der Waals surface area contributed by atoms with Crippen molar-refractivity contribution in [1.29, 1.82) is 0 Å². The van der Waals surface area contributed by atoms with Crippen molar-refractivity contribution in [3.05, 3.63) is 48.4 Å². The fourth-order valence-corrected chi connectivity index (χ4v) is 2.67. The van der Waals surface area contributed by atoms with E-state index in [2.05, 4.69) is 20.4 Å². The van der Waals surface area contributed by atoms with Gasteiger partial charge >= 0.3 is 0 Å². The lowest BCUT2D eigenvalue weighted by Gasteiger charge is -2.31. The van der Waals surface area contributed by atoms with E-state index < -0.39 is 11.8 Å². The number of ether oxygens (including phenoxy) is 1. The summed E-state index contributed by atoms with van der Waals surface area (Å²) in [7, 11) is 0. The molecule has 3 aromatic rings. The van der Waals surface area contributed by atoms with Crippen molar-refractivity contribution in [1.82, 2.24) is 24.5 Å². The Labute approximate surface area is 179 Å². The van der Waals surface area contributed by atoms with Crippen LogP contribution in [0.4, 0.5) is 10.2 Å². The van der Waals surface area contributed by atoms with E-state index in [-0.39, 0.29) is 31.1 Å². The quantitative estimate of drug-likeness (QED) is 0.503. The lowest BCUT2D eigenvalue weighted by molar-refractivity contribution is -0.0341. The molecule has 166 valence electrons. The highest BCUT2D eigenvalue weighted by Gasteiger charge is 2.29. The normalized spacial score (nSPS) is 13.0. The molecule has 0 aliphatic carbocycles. The fourth-order valence-electron chi connectivity index (χ4n) is 2.67. The summed E-state index contributed by atoms with van der Waals surface area (Å²) in [6.07, 6.45) is 3.20. The predicted octanol–water partition coefficient (Wildman–Crippen LogP) is 2.53. The SMILES string of the molecule is CC(C)N(COc1cccc(NC(=O)c2cnc3ccnn3c2)n1)CC(F)C(C)(C)O. The van der Waals surface area contributed by atoms with E-state index in [0.717, 1.165) is 0 Å². The van der Waals surface area contributed by atoms with Crippen molar-refractivity contribution in [3.8, 4) is 5.88 Å². The molecule has 3 aromatic heterocycles. The molecule has 10 heteroatoms. The van der Waals surface area contributed by atoms with Crippen LogP contribution in [0.5, 0.6) is 5.88 Å². The first kappa shape index (κ1) is 22.6. The highest BCUT2D eigenvalue weighted by atomic mass is 19.1. The number of amides is 1. The number of carbonyl (C=O) groups is 1. The molecule has 0 saturated carbocycles. The van der Waals surface area contributed by atoms with Crippen LogP contribution >= 0.6 is 0 Å². The zero-order chi connectivity index (χ0) is 22.6. The van der Waals surface area contributed by atoms with Gasteiger partial charge in [-0.1, -0.05) is 6.07 Å². The number of fused-ring (bicyclic) bond motifs is 1. The van der Waals surface area contributed by atoms with Crippen molar-refractivity contribution in [2.45, 2.75) is 45.5 Å². The fraction of sp³-hybridized carbons (Fsp3) is 0.429. The van der Waals surface area contributed by atoms with Crippen LogP contribution < -0.4 is 10.1 Å². The maximum atomic E-state index is 14.3. The van der Waals surface area contributed by atoms with E-state index in [1.807, 2.05) is 13.8 Å². The number of aromatic nitrogens is 4. The molecule has 1 unspecified atom stereocenters. The van der Waals surface area contributed by atoms with Crippen molar-refractivity contribution >= 4 is 17.4 Å².